The molecule has 0 aliphatic rings. The second kappa shape index (κ2) is 10.2. The van der Waals surface area contributed by atoms with E-state index in [1.165, 1.54) is 25.4 Å². The molecule has 0 unspecified atom stereocenters. The average Bonchev–Trinajstić information content (AvgIpc) is 2.80. The van der Waals surface area contributed by atoms with E-state index in [2.05, 4.69) is 35.9 Å². The fourth-order valence-corrected chi connectivity index (χ4v) is 2.89. The molecule has 0 radical (unpaired) electrons. The number of fused-ring (bicyclic) bond motifs is 1. The highest BCUT2D eigenvalue weighted by molar-refractivity contribution is 5.97. The molecule has 0 bridgehead atoms. The number of carbonyl (C=O) groups excluding carboxylic acids is 2. The van der Waals surface area contributed by atoms with Crippen LogP contribution in [0.15, 0.2) is 35.3 Å². The lowest BCUT2D eigenvalue weighted by Crippen LogP contribution is -2.41. The summed E-state index contributed by atoms with van der Waals surface area (Å²) in [6.45, 7) is 0.249. The number of carboxylic acid groups (broad SMARTS) is 1. The van der Waals surface area contributed by atoms with Gasteiger partial charge in [-0.05, 0) is 30.7 Å². The van der Waals surface area contributed by atoms with Crippen molar-refractivity contribution in [3.63, 3.8) is 0 Å². The Kier molecular flexibility index (Phi) is 7.13. The van der Waals surface area contributed by atoms with Gasteiger partial charge in [0.05, 0.1) is 18.4 Å². The van der Waals surface area contributed by atoms with Gasteiger partial charge in [-0.15, -0.1) is 0 Å². The van der Waals surface area contributed by atoms with Crippen molar-refractivity contribution >= 4 is 40.6 Å². The number of amides is 2. The largest absolute Gasteiger partial charge is 0.480 e. The van der Waals surface area contributed by atoms with E-state index in [0.29, 0.717) is 11.4 Å². The standard InChI is InChI=1S/C20H22N8O5/c1-22-14(29)7-6-13(19(32)33)26-17(30)10-2-4-11(5-3-10)23-8-12-9-24-16-15(25-12)18(31)28-20(21)27-16/h2-5,9,13,23H,6-8H2,1H3,(H,22,29)(H,26,30)(H,32,33)(H3,21,24,27,28,31)/t13-/m1/s1. The number of nitrogens with two attached hydrogens (primary N) is 1. The van der Waals surface area contributed by atoms with Gasteiger partial charge in [0.25, 0.3) is 11.5 Å². The van der Waals surface area contributed by atoms with Gasteiger partial charge in [-0.3, -0.25) is 19.4 Å². The lowest BCUT2D eigenvalue weighted by molar-refractivity contribution is -0.139. The Bertz CT molecular complexity index is 1240. The number of carbonyl (C=O) groups is 3. The third-order valence-electron chi connectivity index (χ3n) is 4.65. The minimum atomic E-state index is -1.22. The first-order valence-electron chi connectivity index (χ1n) is 9.86. The van der Waals surface area contributed by atoms with Gasteiger partial charge in [0.15, 0.2) is 11.2 Å². The zero-order valence-corrected chi connectivity index (χ0v) is 17.6. The molecule has 2 aromatic heterocycles. The average molecular weight is 454 g/mol. The third-order valence-corrected chi connectivity index (χ3v) is 4.65. The number of aromatic nitrogens is 4. The molecule has 0 saturated carbocycles. The fourth-order valence-electron chi connectivity index (χ4n) is 2.89. The van der Waals surface area contributed by atoms with E-state index >= 15 is 0 Å². The van der Waals surface area contributed by atoms with Crippen molar-refractivity contribution < 1.29 is 19.5 Å². The molecule has 13 heteroatoms. The van der Waals surface area contributed by atoms with Gasteiger partial charge in [0, 0.05) is 24.7 Å². The van der Waals surface area contributed by atoms with E-state index in [-0.39, 0.29) is 48.0 Å². The normalized spacial score (nSPS) is 11.5. The number of aliphatic carboxylic acids is 1. The maximum Gasteiger partial charge on any atom is 0.326 e. The first-order valence-corrected chi connectivity index (χ1v) is 9.86. The maximum absolute atomic E-state index is 12.4. The van der Waals surface area contributed by atoms with Gasteiger partial charge in [0.1, 0.15) is 6.04 Å². The Balaban J connectivity index is 1.61. The molecule has 2 amide bonds. The molecule has 0 aliphatic heterocycles. The van der Waals surface area contributed by atoms with Crippen LogP contribution in [0.4, 0.5) is 11.6 Å². The zero-order chi connectivity index (χ0) is 24.0. The Morgan fingerprint density at radius 3 is 2.58 bits per heavy atom. The van der Waals surface area contributed by atoms with Gasteiger partial charge in [-0.25, -0.2) is 14.8 Å². The lowest BCUT2D eigenvalue weighted by Gasteiger charge is -2.14. The summed E-state index contributed by atoms with van der Waals surface area (Å²) in [6, 6.07) is 5.14. The second-order valence-corrected chi connectivity index (χ2v) is 6.99. The molecule has 172 valence electrons. The monoisotopic (exact) mass is 454 g/mol. The van der Waals surface area contributed by atoms with Crippen LogP contribution in [0.3, 0.4) is 0 Å². The molecule has 3 aromatic rings. The van der Waals surface area contributed by atoms with E-state index in [0.717, 1.165) is 0 Å². The molecular weight excluding hydrogens is 432 g/mol. The first-order chi connectivity index (χ1) is 15.8. The molecule has 0 spiro atoms. The lowest BCUT2D eigenvalue weighted by atomic mass is 10.1. The topological polar surface area (TPSA) is 205 Å². The molecular formula is C20H22N8O5. The number of aromatic amines is 1. The number of nitrogens with one attached hydrogen (secondary N) is 4. The molecule has 0 fully saturated rings. The van der Waals surface area contributed by atoms with Gasteiger partial charge in [-0.2, -0.15) is 4.98 Å². The number of nitrogens with zero attached hydrogens (tertiary/aromatic N) is 3. The predicted molar refractivity (Wildman–Crippen MR) is 118 cm³/mol. The van der Waals surface area contributed by atoms with Gasteiger partial charge >= 0.3 is 5.97 Å². The minimum absolute atomic E-state index is 0.0242. The zero-order valence-electron chi connectivity index (χ0n) is 17.6. The van der Waals surface area contributed by atoms with Crippen LogP contribution in [-0.2, 0) is 16.1 Å². The number of H-pyrrole nitrogens is 1. The Morgan fingerprint density at radius 1 is 1.18 bits per heavy atom. The van der Waals surface area contributed by atoms with Crippen molar-refractivity contribution in [1.29, 1.82) is 0 Å². The van der Waals surface area contributed by atoms with Gasteiger partial charge < -0.3 is 26.8 Å². The molecule has 7 N–H and O–H groups in total. The molecule has 2 heterocycles. The number of anilines is 2. The van der Waals surface area contributed by atoms with Crippen molar-refractivity contribution in [3.05, 3.63) is 52.1 Å². The van der Waals surface area contributed by atoms with E-state index in [1.807, 2.05) is 0 Å². The summed E-state index contributed by atoms with van der Waals surface area (Å²) < 4.78 is 0. The number of hydrogen-bond acceptors (Lipinski definition) is 9. The van der Waals surface area contributed by atoms with Crippen molar-refractivity contribution in [1.82, 2.24) is 30.6 Å². The number of benzene rings is 1. The minimum Gasteiger partial charge on any atom is -0.480 e. The SMILES string of the molecule is CNC(=O)CC[C@@H](NC(=O)c1ccc(NCc2cnc3nc(N)[nH]c(=O)c3n2)cc1)C(=O)O. The van der Waals surface area contributed by atoms with Crippen LogP contribution in [-0.4, -0.2) is 55.9 Å². The van der Waals surface area contributed by atoms with Gasteiger partial charge in [0.2, 0.25) is 11.9 Å². The van der Waals surface area contributed by atoms with E-state index in [4.69, 9.17) is 5.73 Å². The summed E-state index contributed by atoms with van der Waals surface area (Å²) in [5.41, 5.74) is 6.61. The number of carboxylic acids is 1. The van der Waals surface area contributed by atoms with Crippen LogP contribution in [0.5, 0.6) is 0 Å². The van der Waals surface area contributed by atoms with Crippen molar-refractivity contribution in [2.45, 2.75) is 25.4 Å². The molecule has 3 rings (SSSR count). The Labute approximate surface area is 186 Å². The van der Waals surface area contributed by atoms with E-state index in [9.17, 15) is 24.3 Å². The quantitative estimate of drug-likeness (QED) is 0.247. The Morgan fingerprint density at radius 2 is 1.91 bits per heavy atom. The molecule has 0 saturated heterocycles. The first kappa shape index (κ1) is 23.1. The summed E-state index contributed by atoms with van der Waals surface area (Å²) in [6.07, 6.45) is 1.41. The maximum atomic E-state index is 12.4. The van der Waals surface area contributed by atoms with E-state index in [1.54, 1.807) is 12.1 Å². The summed E-state index contributed by atoms with van der Waals surface area (Å²) in [5.74, 6) is -2.15. The molecule has 33 heavy (non-hydrogen) atoms. The summed E-state index contributed by atoms with van der Waals surface area (Å²) in [5, 5.41) is 17.2. The fraction of sp³-hybridized carbons (Fsp3) is 0.250. The predicted octanol–water partition coefficient (Wildman–Crippen LogP) is -0.383. The Hall–Kier alpha value is -4.55. The number of rotatable bonds is 9. The van der Waals surface area contributed by atoms with Crippen LogP contribution >= 0.6 is 0 Å². The van der Waals surface area contributed by atoms with Crippen LogP contribution in [0.25, 0.3) is 11.2 Å². The summed E-state index contributed by atoms with van der Waals surface area (Å²) in [7, 11) is 1.45. The highest BCUT2D eigenvalue weighted by Gasteiger charge is 2.21. The summed E-state index contributed by atoms with van der Waals surface area (Å²) in [4.78, 5) is 61.6. The van der Waals surface area contributed by atoms with Crippen molar-refractivity contribution in [2.75, 3.05) is 18.1 Å². The molecule has 0 aliphatic carbocycles. The third kappa shape index (κ3) is 6.00. The van der Waals surface area contributed by atoms with Crippen LogP contribution in [0, 0.1) is 0 Å². The molecule has 13 nitrogen and oxygen atoms in total. The highest BCUT2D eigenvalue weighted by atomic mass is 16.4. The van der Waals surface area contributed by atoms with Crippen LogP contribution in [0.1, 0.15) is 28.9 Å². The van der Waals surface area contributed by atoms with Crippen molar-refractivity contribution in [3.8, 4) is 0 Å². The highest BCUT2D eigenvalue weighted by Crippen LogP contribution is 2.12. The number of nitrogen functional groups attached to an aromatic ring is 1. The van der Waals surface area contributed by atoms with Crippen LogP contribution in [0.2, 0.25) is 0 Å². The smallest absolute Gasteiger partial charge is 0.326 e. The van der Waals surface area contributed by atoms with E-state index < -0.39 is 23.5 Å². The van der Waals surface area contributed by atoms with Crippen molar-refractivity contribution in [2.24, 2.45) is 0 Å². The summed E-state index contributed by atoms with van der Waals surface area (Å²) >= 11 is 0. The number of hydrogen-bond donors (Lipinski definition) is 6. The van der Waals surface area contributed by atoms with Gasteiger partial charge in [-0.1, -0.05) is 0 Å². The van der Waals surface area contributed by atoms with Crippen LogP contribution < -0.4 is 27.2 Å². The molecule has 1 atom stereocenters. The second-order valence-electron chi connectivity index (χ2n) is 6.99. The molecule has 1 aromatic carbocycles.